The smallest absolute Gasteiger partial charge is 0.0280 e. The van der Waals surface area contributed by atoms with E-state index in [9.17, 15) is 0 Å². The van der Waals surface area contributed by atoms with Crippen molar-refractivity contribution >= 4 is 0 Å². The minimum absolute atomic E-state index is 0.898. The number of piperazine rings is 1. The van der Waals surface area contributed by atoms with Crippen molar-refractivity contribution in [2.24, 2.45) is 23.7 Å². The van der Waals surface area contributed by atoms with Gasteiger partial charge in [-0.1, -0.05) is 31.4 Å². The fraction of sp³-hybridized carbons (Fsp3) is 0.905. The van der Waals surface area contributed by atoms with Crippen LogP contribution in [0.15, 0.2) is 12.2 Å². The predicted octanol–water partition coefficient (Wildman–Crippen LogP) is 3.93. The van der Waals surface area contributed by atoms with Gasteiger partial charge in [0.05, 0.1) is 0 Å². The summed E-state index contributed by atoms with van der Waals surface area (Å²) >= 11 is 0. The lowest BCUT2D eigenvalue weighted by atomic mass is 9.78. The Balaban J connectivity index is 1.33. The Bertz CT molecular complexity index is 453. The lowest BCUT2D eigenvalue weighted by molar-refractivity contribution is -0.00913. The molecule has 2 heterocycles. The van der Waals surface area contributed by atoms with Crippen molar-refractivity contribution < 1.29 is 0 Å². The molecule has 2 heteroatoms. The van der Waals surface area contributed by atoms with Crippen LogP contribution in [0.4, 0.5) is 0 Å². The van der Waals surface area contributed by atoms with E-state index in [1.54, 1.807) is 0 Å². The van der Waals surface area contributed by atoms with Gasteiger partial charge < -0.3 is 0 Å². The molecule has 128 valence electrons. The molecule has 5 atom stereocenters. The van der Waals surface area contributed by atoms with Crippen LogP contribution in [0.1, 0.15) is 57.8 Å². The van der Waals surface area contributed by atoms with Crippen molar-refractivity contribution in [2.75, 3.05) is 26.2 Å². The summed E-state index contributed by atoms with van der Waals surface area (Å²) in [5.74, 6) is 3.84. The maximum atomic E-state index is 3.00. The van der Waals surface area contributed by atoms with Gasteiger partial charge in [0.25, 0.3) is 0 Å². The molecule has 4 fully saturated rings. The first-order valence-corrected chi connectivity index (χ1v) is 10.5. The fourth-order valence-corrected chi connectivity index (χ4v) is 6.87. The fourth-order valence-electron chi connectivity index (χ4n) is 6.87. The first kappa shape index (κ1) is 15.0. The Kier molecular flexibility index (Phi) is 4.02. The topological polar surface area (TPSA) is 6.48 Å². The zero-order valence-corrected chi connectivity index (χ0v) is 14.7. The normalized spacial score (nSPS) is 45.0. The molecule has 2 aliphatic heterocycles. The molecule has 0 N–H and O–H groups in total. The van der Waals surface area contributed by atoms with Crippen molar-refractivity contribution in [3.8, 4) is 0 Å². The van der Waals surface area contributed by atoms with Crippen molar-refractivity contribution in [1.82, 2.24) is 9.80 Å². The SMILES string of the molecule is C1=C[C@H]2C[C@H]1C[C@@H]2CN1CCN2CCC[C@H]2[C@@H]1C1CCCCC1. The van der Waals surface area contributed by atoms with Crippen molar-refractivity contribution in [2.45, 2.75) is 69.9 Å². The summed E-state index contributed by atoms with van der Waals surface area (Å²) in [5.41, 5.74) is 0. The van der Waals surface area contributed by atoms with E-state index in [-0.39, 0.29) is 0 Å². The predicted molar refractivity (Wildman–Crippen MR) is 95.4 cm³/mol. The molecule has 2 bridgehead atoms. The highest BCUT2D eigenvalue weighted by Crippen LogP contribution is 2.45. The van der Waals surface area contributed by atoms with Crippen LogP contribution in [0.3, 0.4) is 0 Å². The Morgan fingerprint density at radius 3 is 2.52 bits per heavy atom. The minimum atomic E-state index is 0.898. The minimum Gasteiger partial charge on any atom is -0.298 e. The van der Waals surface area contributed by atoms with Crippen molar-refractivity contribution in [3.63, 3.8) is 0 Å². The van der Waals surface area contributed by atoms with Crippen LogP contribution in [0.5, 0.6) is 0 Å². The number of hydrogen-bond acceptors (Lipinski definition) is 2. The molecule has 0 aromatic carbocycles. The Hall–Kier alpha value is -0.340. The second-order valence-electron chi connectivity index (χ2n) is 9.17. The van der Waals surface area contributed by atoms with E-state index in [2.05, 4.69) is 22.0 Å². The van der Waals surface area contributed by atoms with Crippen LogP contribution in [0.25, 0.3) is 0 Å². The molecular weight excluding hydrogens is 280 g/mol. The third kappa shape index (κ3) is 2.70. The third-order valence-corrected chi connectivity index (χ3v) is 7.92. The molecule has 0 spiro atoms. The molecule has 3 aliphatic carbocycles. The van der Waals surface area contributed by atoms with Crippen LogP contribution in [0.2, 0.25) is 0 Å². The zero-order chi connectivity index (χ0) is 15.2. The van der Waals surface area contributed by atoms with E-state index in [0.717, 1.165) is 35.8 Å². The van der Waals surface area contributed by atoms with Crippen LogP contribution in [-0.2, 0) is 0 Å². The average Bonchev–Trinajstić information content (AvgIpc) is 3.31. The van der Waals surface area contributed by atoms with E-state index in [4.69, 9.17) is 0 Å². The molecule has 5 aliphatic rings. The second-order valence-corrected chi connectivity index (χ2v) is 9.17. The van der Waals surface area contributed by atoms with Gasteiger partial charge in [-0.3, -0.25) is 9.80 Å². The second kappa shape index (κ2) is 6.19. The van der Waals surface area contributed by atoms with Gasteiger partial charge in [-0.2, -0.15) is 0 Å². The Morgan fingerprint density at radius 1 is 0.826 bits per heavy atom. The molecule has 0 aromatic heterocycles. The van der Waals surface area contributed by atoms with Gasteiger partial charge in [-0.05, 0) is 68.7 Å². The summed E-state index contributed by atoms with van der Waals surface area (Å²) in [4.78, 5) is 5.86. The maximum Gasteiger partial charge on any atom is 0.0280 e. The first-order chi connectivity index (χ1) is 11.4. The average molecular weight is 315 g/mol. The van der Waals surface area contributed by atoms with Crippen LogP contribution in [-0.4, -0.2) is 48.1 Å². The van der Waals surface area contributed by atoms with Gasteiger partial charge >= 0.3 is 0 Å². The van der Waals surface area contributed by atoms with E-state index in [1.165, 1.54) is 84.0 Å². The van der Waals surface area contributed by atoms with Gasteiger partial charge in [0.1, 0.15) is 0 Å². The molecule has 23 heavy (non-hydrogen) atoms. The van der Waals surface area contributed by atoms with Crippen molar-refractivity contribution in [3.05, 3.63) is 12.2 Å². The highest BCUT2D eigenvalue weighted by molar-refractivity contribution is 5.11. The van der Waals surface area contributed by atoms with Crippen LogP contribution in [0, 0.1) is 23.7 Å². The molecule has 0 amide bonds. The zero-order valence-electron chi connectivity index (χ0n) is 14.7. The Morgan fingerprint density at radius 2 is 1.74 bits per heavy atom. The highest BCUT2D eigenvalue weighted by Gasteiger charge is 2.45. The number of rotatable bonds is 3. The monoisotopic (exact) mass is 314 g/mol. The lowest BCUT2D eigenvalue weighted by Gasteiger charge is -2.50. The number of nitrogens with zero attached hydrogens (tertiary/aromatic N) is 2. The number of fused-ring (bicyclic) bond motifs is 3. The quantitative estimate of drug-likeness (QED) is 0.728. The third-order valence-electron chi connectivity index (χ3n) is 7.92. The summed E-state index contributed by atoms with van der Waals surface area (Å²) in [6.45, 7) is 5.51. The Labute approximate surface area is 142 Å². The molecule has 0 unspecified atom stereocenters. The summed E-state index contributed by atoms with van der Waals surface area (Å²) in [6, 6.07) is 1.80. The van der Waals surface area contributed by atoms with E-state index in [1.807, 2.05) is 0 Å². The van der Waals surface area contributed by atoms with Gasteiger partial charge in [0, 0.05) is 31.7 Å². The molecular formula is C21H34N2. The molecule has 5 rings (SSSR count). The lowest BCUT2D eigenvalue weighted by Crippen LogP contribution is -2.61. The van der Waals surface area contributed by atoms with E-state index >= 15 is 0 Å². The molecule has 2 saturated carbocycles. The van der Waals surface area contributed by atoms with E-state index in [0.29, 0.717) is 0 Å². The standard InChI is InChI=1S/C21H34N2/c1-2-5-17(6-3-1)21-20-7-4-10-22(20)11-12-23(21)15-19-14-16-8-9-18(19)13-16/h8-9,16-21H,1-7,10-15H2/t16-,18-,19+,20-,21-/m0/s1. The van der Waals surface area contributed by atoms with Gasteiger partial charge in [0.2, 0.25) is 0 Å². The molecule has 2 nitrogen and oxygen atoms in total. The summed E-state index contributed by atoms with van der Waals surface area (Å²) < 4.78 is 0. The summed E-state index contributed by atoms with van der Waals surface area (Å²) in [6.07, 6.45) is 18.5. The summed E-state index contributed by atoms with van der Waals surface area (Å²) in [7, 11) is 0. The maximum absolute atomic E-state index is 3.00. The van der Waals surface area contributed by atoms with Gasteiger partial charge in [-0.15, -0.1) is 0 Å². The highest BCUT2D eigenvalue weighted by atomic mass is 15.3. The molecule has 0 aromatic rings. The van der Waals surface area contributed by atoms with Crippen LogP contribution >= 0.6 is 0 Å². The number of hydrogen-bond donors (Lipinski definition) is 0. The largest absolute Gasteiger partial charge is 0.298 e. The number of allylic oxidation sites excluding steroid dienone is 2. The molecule has 2 saturated heterocycles. The van der Waals surface area contributed by atoms with Crippen molar-refractivity contribution in [1.29, 1.82) is 0 Å². The van der Waals surface area contributed by atoms with E-state index < -0.39 is 0 Å². The van der Waals surface area contributed by atoms with Crippen LogP contribution < -0.4 is 0 Å². The molecule has 0 radical (unpaired) electrons. The summed E-state index contributed by atoms with van der Waals surface area (Å²) in [5, 5.41) is 0. The first-order valence-electron chi connectivity index (χ1n) is 10.5. The van der Waals surface area contributed by atoms with Gasteiger partial charge in [-0.25, -0.2) is 0 Å². The van der Waals surface area contributed by atoms with Gasteiger partial charge in [0.15, 0.2) is 0 Å².